The van der Waals surface area contributed by atoms with Gasteiger partial charge in [-0.1, -0.05) is 24.4 Å². The highest BCUT2D eigenvalue weighted by Crippen LogP contribution is 2.30. The number of hydrogen-bond donors (Lipinski definition) is 1. The summed E-state index contributed by atoms with van der Waals surface area (Å²) in [4.78, 5) is 0. The Balaban J connectivity index is 2.03. The van der Waals surface area contributed by atoms with E-state index in [0.29, 0.717) is 10.9 Å². The maximum absolute atomic E-state index is 5.98. The first-order valence-electron chi connectivity index (χ1n) is 6.34. The van der Waals surface area contributed by atoms with Crippen molar-refractivity contribution in [2.24, 2.45) is 11.7 Å². The Bertz CT molecular complexity index is 372. The minimum Gasteiger partial charge on any atom is -0.493 e. The maximum atomic E-state index is 5.98. The summed E-state index contributed by atoms with van der Waals surface area (Å²) < 4.78 is 5.90. The number of nitrogens with two attached hydrogens (primary N) is 1. The average molecular weight is 254 g/mol. The summed E-state index contributed by atoms with van der Waals surface area (Å²) in [5.41, 5.74) is 6.92. The van der Waals surface area contributed by atoms with Gasteiger partial charge in [0, 0.05) is 16.6 Å². The van der Waals surface area contributed by atoms with Gasteiger partial charge in [0.15, 0.2) is 0 Å². The Morgan fingerprint density at radius 3 is 2.76 bits per heavy atom. The first kappa shape index (κ1) is 12.7. The molecule has 1 aliphatic carbocycles. The number of benzene rings is 1. The molecule has 0 heterocycles. The molecule has 0 saturated heterocycles. The van der Waals surface area contributed by atoms with Crippen molar-refractivity contribution < 1.29 is 4.74 Å². The first-order valence-corrected chi connectivity index (χ1v) is 6.72. The lowest BCUT2D eigenvalue weighted by Crippen LogP contribution is -2.12. The fraction of sp³-hybridized carbons (Fsp3) is 0.571. The summed E-state index contributed by atoms with van der Waals surface area (Å²) in [6.45, 7) is 2.76. The van der Waals surface area contributed by atoms with Gasteiger partial charge in [-0.25, -0.2) is 0 Å². The van der Waals surface area contributed by atoms with Gasteiger partial charge in [0.1, 0.15) is 5.75 Å². The van der Waals surface area contributed by atoms with E-state index in [0.717, 1.165) is 17.9 Å². The second-order valence-corrected chi connectivity index (χ2v) is 5.37. The van der Waals surface area contributed by atoms with Crippen LogP contribution in [0.4, 0.5) is 0 Å². The van der Waals surface area contributed by atoms with Crippen molar-refractivity contribution in [2.75, 3.05) is 6.61 Å². The van der Waals surface area contributed by atoms with Crippen molar-refractivity contribution in [3.05, 3.63) is 28.8 Å². The third kappa shape index (κ3) is 3.36. The highest BCUT2D eigenvalue weighted by Gasteiger charge is 2.17. The van der Waals surface area contributed by atoms with Crippen LogP contribution < -0.4 is 10.5 Å². The predicted octanol–water partition coefficient (Wildman–Crippen LogP) is 3.93. The molecule has 1 atom stereocenters. The molecule has 0 aromatic heterocycles. The molecule has 0 amide bonds. The minimum absolute atomic E-state index is 0.0488. The number of rotatable bonds is 4. The molecule has 1 aromatic rings. The third-order valence-corrected chi connectivity index (χ3v) is 3.65. The van der Waals surface area contributed by atoms with E-state index in [1.54, 1.807) is 0 Å². The van der Waals surface area contributed by atoms with Crippen LogP contribution in [-0.4, -0.2) is 6.61 Å². The van der Waals surface area contributed by atoms with Gasteiger partial charge in [0.25, 0.3) is 0 Å². The van der Waals surface area contributed by atoms with E-state index < -0.39 is 0 Å². The van der Waals surface area contributed by atoms with Crippen molar-refractivity contribution in [1.82, 2.24) is 0 Å². The highest BCUT2D eigenvalue weighted by molar-refractivity contribution is 6.30. The van der Waals surface area contributed by atoms with Gasteiger partial charge in [-0.05, 0) is 43.9 Å². The molecule has 1 aromatic carbocycles. The van der Waals surface area contributed by atoms with E-state index in [1.807, 2.05) is 25.1 Å². The second-order valence-electron chi connectivity index (χ2n) is 4.93. The van der Waals surface area contributed by atoms with Gasteiger partial charge < -0.3 is 10.5 Å². The monoisotopic (exact) mass is 253 g/mol. The summed E-state index contributed by atoms with van der Waals surface area (Å²) in [6, 6.07) is 5.64. The minimum atomic E-state index is -0.0488. The van der Waals surface area contributed by atoms with E-state index in [9.17, 15) is 0 Å². The zero-order valence-corrected chi connectivity index (χ0v) is 11.0. The molecule has 0 radical (unpaired) electrons. The Morgan fingerprint density at radius 1 is 1.41 bits per heavy atom. The molecule has 0 spiro atoms. The lowest BCUT2D eigenvalue weighted by molar-refractivity contribution is 0.249. The fourth-order valence-electron chi connectivity index (χ4n) is 2.39. The van der Waals surface area contributed by atoms with E-state index in [2.05, 4.69) is 0 Å². The SMILES string of the molecule is CC(N)c1cc(Cl)ccc1OCC1CCCC1. The molecule has 0 bridgehead atoms. The molecule has 2 rings (SSSR count). The van der Waals surface area contributed by atoms with Crippen LogP contribution in [0.25, 0.3) is 0 Å². The van der Waals surface area contributed by atoms with Crippen molar-refractivity contribution in [1.29, 1.82) is 0 Å². The summed E-state index contributed by atoms with van der Waals surface area (Å²) in [7, 11) is 0. The molecule has 17 heavy (non-hydrogen) atoms. The van der Waals surface area contributed by atoms with Gasteiger partial charge >= 0.3 is 0 Å². The Morgan fingerprint density at radius 2 is 2.12 bits per heavy atom. The summed E-state index contributed by atoms with van der Waals surface area (Å²) in [5, 5.41) is 0.713. The van der Waals surface area contributed by atoms with Crippen LogP contribution in [0.1, 0.15) is 44.2 Å². The molecule has 94 valence electrons. The molecule has 1 fully saturated rings. The third-order valence-electron chi connectivity index (χ3n) is 3.41. The first-order chi connectivity index (χ1) is 8.16. The Labute approximate surface area is 108 Å². The molecule has 2 nitrogen and oxygen atoms in total. The van der Waals surface area contributed by atoms with Crippen LogP contribution in [0, 0.1) is 5.92 Å². The van der Waals surface area contributed by atoms with Gasteiger partial charge in [0.05, 0.1) is 6.61 Å². The normalized spacial score (nSPS) is 18.3. The van der Waals surface area contributed by atoms with Crippen LogP contribution in [-0.2, 0) is 0 Å². The van der Waals surface area contributed by atoms with Crippen LogP contribution in [0.5, 0.6) is 5.75 Å². The molecule has 2 N–H and O–H groups in total. The predicted molar refractivity (Wildman–Crippen MR) is 71.5 cm³/mol. The number of halogens is 1. The molecular formula is C14H20ClNO. The zero-order valence-electron chi connectivity index (χ0n) is 10.3. The molecule has 1 saturated carbocycles. The topological polar surface area (TPSA) is 35.2 Å². The molecule has 3 heteroatoms. The van der Waals surface area contributed by atoms with Crippen LogP contribution in [0.3, 0.4) is 0 Å². The Kier molecular flexibility index (Phi) is 4.30. The van der Waals surface area contributed by atoms with Crippen molar-refractivity contribution >= 4 is 11.6 Å². The quantitative estimate of drug-likeness (QED) is 0.883. The van der Waals surface area contributed by atoms with E-state index in [4.69, 9.17) is 22.1 Å². The molecular weight excluding hydrogens is 234 g/mol. The van der Waals surface area contributed by atoms with Crippen molar-refractivity contribution in [3.8, 4) is 5.75 Å². The fourth-order valence-corrected chi connectivity index (χ4v) is 2.57. The molecule has 0 aliphatic heterocycles. The van der Waals surface area contributed by atoms with E-state index >= 15 is 0 Å². The Hall–Kier alpha value is -0.730. The summed E-state index contributed by atoms with van der Waals surface area (Å²) >= 11 is 5.98. The average Bonchev–Trinajstić information content (AvgIpc) is 2.80. The highest BCUT2D eigenvalue weighted by atomic mass is 35.5. The summed E-state index contributed by atoms with van der Waals surface area (Å²) in [5.74, 6) is 1.60. The van der Waals surface area contributed by atoms with Crippen molar-refractivity contribution in [2.45, 2.75) is 38.6 Å². The molecule has 1 unspecified atom stereocenters. The number of hydrogen-bond acceptors (Lipinski definition) is 2. The van der Waals surface area contributed by atoms with Crippen LogP contribution in [0.2, 0.25) is 5.02 Å². The lowest BCUT2D eigenvalue weighted by atomic mass is 10.1. The van der Waals surface area contributed by atoms with Gasteiger partial charge in [-0.2, -0.15) is 0 Å². The largest absolute Gasteiger partial charge is 0.493 e. The van der Waals surface area contributed by atoms with Crippen LogP contribution >= 0.6 is 11.6 Å². The maximum Gasteiger partial charge on any atom is 0.124 e. The van der Waals surface area contributed by atoms with E-state index in [-0.39, 0.29) is 6.04 Å². The summed E-state index contributed by atoms with van der Waals surface area (Å²) in [6.07, 6.45) is 5.27. The zero-order chi connectivity index (χ0) is 12.3. The lowest BCUT2D eigenvalue weighted by Gasteiger charge is -2.16. The standard InChI is InChI=1S/C14H20ClNO/c1-10(16)13-8-12(15)6-7-14(13)17-9-11-4-2-3-5-11/h6-8,10-11H,2-5,9,16H2,1H3. The second kappa shape index (κ2) is 5.74. The molecule has 1 aliphatic rings. The number of ether oxygens (including phenoxy) is 1. The van der Waals surface area contributed by atoms with Gasteiger partial charge in [-0.15, -0.1) is 0 Å². The van der Waals surface area contributed by atoms with Gasteiger partial charge in [-0.3, -0.25) is 0 Å². The van der Waals surface area contributed by atoms with E-state index in [1.165, 1.54) is 25.7 Å². The smallest absolute Gasteiger partial charge is 0.124 e. The van der Waals surface area contributed by atoms with Crippen LogP contribution in [0.15, 0.2) is 18.2 Å². The van der Waals surface area contributed by atoms with Gasteiger partial charge in [0.2, 0.25) is 0 Å². The van der Waals surface area contributed by atoms with Crippen molar-refractivity contribution in [3.63, 3.8) is 0 Å².